The highest BCUT2D eigenvalue weighted by molar-refractivity contribution is 6.13. The Hall–Kier alpha value is -3.05. The molecule has 2 aliphatic rings. The fraction of sp³-hybridized carbons (Fsp3) is 0.227. The van der Waals surface area contributed by atoms with E-state index in [-0.39, 0.29) is 23.4 Å². The highest BCUT2D eigenvalue weighted by Gasteiger charge is 2.31. The number of hydrogen-bond acceptors (Lipinski definition) is 4. The zero-order chi connectivity index (χ0) is 19.1. The van der Waals surface area contributed by atoms with Crippen molar-refractivity contribution in [3.8, 4) is 17.2 Å². The molecule has 0 spiro atoms. The van der Waals surface area contributed by atoms with Gasteiger partial charge < -0.3 is 19.5 Å². The summed E-state index contributed by atoms with van der Waals surface area (Å²) in [6.45, 7) is 2.43. The number of Topliss-reactive ketones (excluding diaryl/α,β-unsaturated/α-hetero) is 1. The van der Waals surface area contributed by atoms with Crippen LogP contribution >= 0.6 is 0 Å². The van der Waals surface area contributed by atoms with Crippen LogP contribution in [0.1, 0.15) is 28.4 Å². The summed E-state index contributed by atoms with van der Waals surface area (Å²) in [4.78, 5) is 13.9. The number of para-hydroxylation sites is 1. The predicted octanol–water partition coefficient (Wildman–Crippen LogP) is 1.73. The van der Waals surface area contributed by atoms with Crippen LogP contribution in [0.4, 0.5) is 0 Å². The summed E-state index contributed by atoms with van der Waals surface area (Å²) >= 11 is 0. The van der Waals surface area contributed by atoms with Gasteiger partial charge in [-0.2, -0.15) is 0 Å². The lowest BCUT2D eigenvalue weighted by Gasteiger charge is -2.23. The molecule has 0 amide bonds. The SMILES string of the molecule is CC1Oc2ccccc2C=C1/C=C1\Oc2c(ccc([O-])c2C[NH+](C)C)C1=O. The van der Waals surface area contributed by atoms with Crippen molar-refractivity contribution in [3.63, 3.8) is 0 Å². The molecule has 1 N–H and O–H groups in total. The molecule has 0 saturated carbocycles. The van der Waals surface area contributed by atoms with Crippen LogP contribution in [0.2, 0.25) is 0 Å². The molecule has 27 heavy (non-hydrogen) atoms. The molecule has 5 nitrogen and oxygen atoms in total. The van der Waals surface area contributed by atoms with Crippen molar-refractivity contribution in [2.75, 3.05) is 14.1 Å². The minimum Gasteiger partial charge on any atom is -0.872 e. The Morgan fingerprint density at radius 2 is 1.96 bits per heavy atom. The molecule has 2 aromatic carbocycles. The van der Waals surface area contributed by atoms with E-state index in [4.69, 9.17) is 9.47 Å². The van der Waals surface area contributed by atoms with E-state index in [0.717, 1.165) is 21.8 Å². The summed E-state index contributed by atoms with van der Waals surface area (Å²) in [5, 5.41) is 12.3. The van der Waals surface area contributed by atoms with Gasteiger partial charge in [0.05, 0.1) is 19.7 Å². The second-order valence-corrected chi connectivity index (χ2v) is 7.18. The van der Waals surface area contributed by atoms with Gasteiger partial charge in [-0.1, -0.05) is 30.0 Å². The number of carbonyl (C=O) groups is 1. The fourth-order valence-electron chi connectivity index (χ4n) is 3.38. The molecule has 2 aliphatic heterocycles. The van der Waals surface area contributed by atoms with Crippen molar-refractivity contribution < 1.29 is 24.3 Å². The fourth-order valence-corrected chi connectivity index (χ4v) is 3.38. The van der Waals surface area contributed by atoms with Crippen molar-refractivity contribution in [2.45, 2.75) is 19.6 Å². The summed E-state index contributed by atoms with van der Waals surface area (Å²) in [6, 6.07) is 10.8. The van der Waals surface area contributed by atoms with E-state index in [9.17, 15) is 9.90 Å². The molecule has 0 aliphatic carbocycles. The molecule has 2 heterocycles. The van der Waals surface area contributed by atoms with Gasteiger partial charge in [-0.25, -0.2) is 0 Å². The van der Waals surface area contributed by atoms with Crippen LogP contribution < -0.4 is 19.5 Å². The standard InChI is InChI=1S/C22H21NO4/c1-13-15(10-14-6-4-5-7-19(14)26-13)11-20-21(25)16-8-9-18(24)17(12-23(2)3)22(16)27-20/h4-11,13,24H,12H2,1-3H3/b20-11-. The van der Waals surface area contributed by atoms with Crippen LogP contribution in [0.25, 0.3) is 6.08 Å². The zero-order valence-electron chi connectivity index (χ0n) is 15.5. The first-order valence-corrected chi connectivity index (χ1v) is 8.97. The first kappa shape index (κ1) is 17.4. The average Bonchev–Trinajstić information content (AvgIpc) is 2.94. The number of ether oxygens (including phenoxy) is 2. The van der Waals surface area contributed by atoms with Crippen molar-refractivity contribution in [1.29, 1.82) is 0 Å². The number of benzene rings is 2. The number of quaternary nitrogens is 1. The number of ketones is 1. The lowest BCUT2D eigenvalue weighted by Crippen LogP contribution is -3.04. The van der Waals surface area contributed by atoms with Gasteiger partial charge in [-0.15, -0.1) is 0 Å². The minimum absolute atomic E-state index is 0.105. The number of hydrogen-bond donors (Lipinski definition) is 1. The largest absolute Gasteiger partial charge is 0.872 e. The maximum Gasteiger partial charge on any atom is 0.231 e. The third-order valence-corrected chi connectivity index (χ3v) is 4.74. The summed E-state index contributed by atoms with van der Waals surface area (Å²) in [6.07, 6.45) is 3.52. The normalized spacial score (nSPS) is 19.4. The Morgan fingerprint density at radius 3 is 2.74 bits per heavy atom. The van der Waals surface area contributed by atoms with Gasteiger partial charge in [-0.3, -0.25) is 4.79 Å². The molecular formula is C22H21NO4. The topological polar surface area (TPSA) is 63.0 Å². The third-order valence-electron chi connectivity index (χ3n) is 4.74. The summed E-state index contributed by atoms with van der Waals surface area (Å²) < 4.78 is 11.8. The van der Waals surface area contributed by atoms with E-state index < -0.39 is 0 Å². The van der Waals surface area contributed by atoms with Gasteiger partial charge in [0.1, 0.15) is 24.1 Å². The zero-order valence-corrected chi connectivity index (χ0v) is 15.5. The van der Waals surface area contributed by atoms with Gasteiger partial charge in [0.15, 0.2) is 5.76 Å². The monoisotopic (exact) mass is 363 g/mol. The minimum atomic E-state index is -0.202. The smallest absolute Gasteiger partial charge is 0.231 e. The van der Waals surface area contributed by atoms with Gasteiger partial charge in [-0.05, 0) is 36.8 Å². The van der Waals surface area contributed by atoms with E-state index in [2.05, 4.69) is 0 Å². The Kier molecular flexibility index (Phi) is 4.24. The second-order valence-electron chi connectivity index (χ2n) is 7.18. The highest BCUT2D eigenvalue weighted by Crippen LogP contribution is 2.39. The van der Waals surface area contributed by atoms with E-state index in [1.54, 1.807) is 12.1 Å². The van der Waals surface area contributed by atoms with Crippen molar-refractivity contribution in [1.82, 2.24) is 0 Å². The van der Waals surface area contributed by atoms with Gasteiger partial charge >= 0.3 is 0 Å². The maximum absolute atomic E-state index is 12.8. The molecule has 2 aromatic rings. The van der Waals surface area contributed by atoms with Gasteiger partial charge in [0.25, 0.3) is 0 Å². The number of rotatable bonds is 3. The number of carbonyl (C=O) groups excluding carboxylic acids is 1. The highest BCUT2D eigenvalue weighted by atomic mass is 16.5. The molecule has 138 valence electrons. The molecule has 0 fully saturated rings. The molecule has 4 rings (SSSR count). The van der Waals surface area contributed by atoms with Crippen molar-refractivity contribution in [3.05, 3.63) is 70.5 Å². The molecule has 5 heteroatoms. The molecule has 0 aromatic heterocycles. The van der Waals surface area contributed by atoms with Crippen molar-refractivity contribution in [2.24, 2.45) is 0 Å². The quantitative estimate of drug-likeness (QED) is 0.844. The summed E-state index contributed by atoms with van der Waals surface area (Å²) in [7, 11) is 3.91. The molecule has 0 saturated heterocycles. The van der Waals surface area contributed by atoms with Crippen LogP contribution in [-0.2, 0) is 6.54 Å². The molecule has 1 atom stereocenters. The number of allylic oxidation sites excluding steroid dienone is 1. The Labute approximate surface area is 158 Å². The molecule has 0 radical (unpaired) electrons. The van der Waals surface area contributed by atoms with Crippen LogP contribution in [0.15, 0.2) is 53.8 Å². The van der Waals surface area contributed by atoms with E-state index in [0.29, 0.717) is 23.4 Å². The Balaban J connectivity index is 1.72. The lowest BCUT2D eigenvalue weighted by molar-refractivity contribution is -0.872. The predicted molar refractivity (Wildman–Crippen MR) is 100.0 cm³/mol. The van der Waals surface area contributed by atoms with E-state index in [1.807, 2.05) is 51.4 Å². The van der Waals surface area contributed by atoms with E-state index >= 15 is 0 Å². The Bertz CT molecular complexity index is 988. The van der Waals surface area contributed by atoms with E-state index in [1.165, 1.54) is 6.07 Å². The van der Waals surface area contributed by atoms with Gasteiger partial charge in [0, 0.05) is 11.1 Å². The number of fused-ring (bicyclic) bond motifs is 2. The maximum atomic E-state index is 12.8. The average molecular weight is 363 g/mol. The van der Waals surface area contributed by atoms with Gasteiger partial charge in [0.2, 0.25) is 5.78 Å². The molecule has 1 unspecified atom stereocenters. The van der Waals surface area contributed by atoms with Crippen LogP contribution in [0, 0.1) is 0 Å². The summed E-state index contributed by atoms with van der Waals surface area (Å²) in [5.41, 5.74) is 2.80. The number of nitrogens with one attached hydrogen (secondary N) is 1. The second kappa shape index (κ2) is 6.59. The van der Waals surface area contributed by atoms with Crippen LogP contribution in [-0.4, -0.2) is 26.0 Å². The van der Waals surface area contributed by atoms with Crippen LogP contribution in [0.3, 0.4) is 0 Å². The first-order valence-electron chi connectivity index (χ1n) is 8.97. The Morgan fingerprint density at radius 1 is 1.19 bits per heavy atom. The molecule has 0 bridgehead atoms. The summed E-state index contributed by atoms with van der Waals surface area (Å²) in [5.74, 6) is 1.14. The van der Waals surface area contributed by atoms with Crippen molar-refractivity contribution >= 4 is 11.9 Å². The first-order chi connectivity index (χ1) is 12.9. The molecular weight excluding hydrogens is 342 g/mol. The third kappa shape index (κ3) is 3.11. The lowest BCUT2D eigenvalue weighted by atomic mass is 10.0. The van der Waals surface area contributed by atoms with Crippen LogP contribution in [0.5, 0.6) is 17.2 Å².